The molecule has 0 aliphatic rings. The number of thioether (sulfide) groups is 1. The normalized spacial score (nSPS) is 10.9. The monoisotopic (exact) mass is 544 g/mol. The number of guanidine groups is 1. The molecule has 0 aliphatic carbocycles. The SMILES string of the molecule is CCN(Cc1ccccc1)C(=O)CNC(=NC)NCc1ccc(F)cc1CSC.I. The molecule has 2 aromatic rings. The van der Waals surface area contributed by atoms with E-state index in [9.17, 15) is 9.18 Å². The highest BCUT2D eigenvalue weighted by Gasteiger charge is 2.13. The van der Waals surface area contributed by atoms with Crippen LogP contribution in [0.15, 0.2) is 53.5 Å². The summed E-state index contributed by atoms with van der Waals surface area (Å²) in [5, 5.41) is 6.27. The van der Waals surface area contributed by atoms with Gasteiger partial charge in [0.15, 0.2) is 5.96 Å². The van der Waals surface area contributed by atoms with Crippen molar-refractivity contribution in [3.8, 4) is 0 Å². The molecule has 0 radical (unpaired) electrons. The highest BCUT2D eigenvalue weighted by Crippen LogP contribution is 2.16. The maximum Gasteiger partial charge on any atom is 0.242 e. The van der Waals surface area contributed by atoms with Gasteiger partial charge < -0.3 is 15.5 Å². The van der Waals surface area contributed by atoms with Crippen LogP contribution in [0.5, 0.6) is 0 Å². The van der Waals surface area contributed by atoms with Gasteiger partial charge in [-0.3, -0.25) is 9.79 Å². The number of carbonyl (C=O) groups excluding carboxylic acids is 1. The van der Waals surface area contributed by atoms with Crippen LogP contribution in [0.25, 0.3) is 0 Å². The lowest BCUT2D eigenvalue weighted by atomic mass is 10.1. The van der Waals surface area contributed by atoms with Crippen LogP contribution in [0.3, 0.4) is 0 Å². The first kappa shape index (κ1) is 26.2. The summed E-state index contributed by atoms with van der Waals surface area (Å²) in [4.78, 5) is 18.6. The van der Waals surface area contributed by atoms with Crippen molar-refractivity contribution in [3.63, 3.8) is 0 Å². The van der Waals surface area contributed by atoms with Crippen LogP contribution in [-0.4, -0.2) is 43.2 Å². The van der Waals surface area contributed by atoms with E-state index in [0.29, 0.717) is 25.6 Å². The Kier molecular flexibility index (Phi) is 12.4. The number of nitrogens with one attached hydrogen (secondary N) is 2. The topological polar surface area (TPSA) is 56.7 Å². The molecular weight excluding hydrogens is 514 g/mol. The first-order chi connectivity index (χ1) is 14.1. The zero-order chi connectivity index (χ0) is 21.1. The molecule has 2 N–H and O–H groups in total. The van der Waals surface area contributed by atoms with Gasteiger partial charge in [0.05, 0.1) is 6.54 Å². The number of hydrogen-bond acceptors (Lipinski definition) is 3. The van der Waals surface area contributed by atoms with Crippen LogP contribution >= 0.6 is 35.7 Å². The number of rotatable bonds is 9. The van der Waals surface area contributed by atoms with E-state index in [1.54, 1.807) is 35.8 Å². The quantitative estimate of drug-likeness (QED) is 0.285. The molecule has 1 amide bonds. The molecule has 0 heterocycles. The molecule has 0 unspecified atom stereocenters. The van der Waals surface area contributed by atoms with E-state index in [-0.39, 0.29) is 42.2 Å². The molecule has 0 aromatic heterocycles. The summed E-state index contributed by atoms with van der Waals surface area (Å²) in [7, 11) is 1.66. The maximum atomic E-state index is 13.5. The van der Waals surface area contributed by atoms with Crippen molar-refractivity contribution < 1.29 is 9.18 Å². The van der Waals surface area contributed by atoms with Crippen LogP contribution in [0.1, 0.15) is 23.6 Å². The Labute approximate surface area is 199 Å². The molecule has 164 valence electrons. The highest BCUT2D eigenvalue weighted by atomic mass is 127. The number of benzene rings is 2. The average molecular weight is 544 g/mol. The van der Waals surface area contributed by atoms with Crippen molar-refractivity contribution in [1.82, 2.24) is 15.5 Å². The van der Waals surface area contributed by atoms with E-state index < -0.39 is 0 Å². The van der Waals surface area contributed by atoms with Gasteiger partial charge in [-0.15, -0.1) is 24.0 Å². The van der Waals surface area contributed by atoms with E-state index in [1.807, 2.05) is 43.5 Å². The van der Waals surface area contributed by atoms with Crippen LogP contribution in [0.2, 0.25) is 0 Å². The van der Waals surface area contributed by atoms with Gasteiger partial charge in [0.2, 0.25) is 5.91 Å². The van der Waals surface area contributed by atoms with E-state index in [2.05, 4.69) is 15.6 Å². The summed E-state index contributed by atoms with van der Waals surface area (Å²) in [6.45, 7) is 3.84. The first-order valence-electron chi connectivity index (χ1n) is 9.59. The minimum Gasteiger partial charge on any atom is -0.352 e. The smallest absolute Gasteiger partial charge is 0.242 e. The Hall–Kier alpha value is -1.81. The summed E-state index contributed by atoms with van der Waals surface area (Å²) in [6.07, 6.45) is 1.99. The number of aliphatic imine (C=N–C) groups is 1. The average Bonchev–Trinajstić information content (AvgIpc) is 2.74. The van der Waals surface area contributed by atoms with E-state index in [1.165, 1.54) is 6.07 Å². The Morgan fingerprint density at radius 1 is 1.13 bits per heavy atom. The van der Waals surface area contributed by atoms with Gasteiger partial charge in [0.25, 0.3) is 0 Å². The third kappa shape index (κ3) is 8.51. The molecule has 5 nitrogen and oxygen atoms in total. The van der Waals surface area contributed by atoms with Crippen molar-refractivity contribution in [2.75, 3.05) is 26.4 Å². The van der Waals surface area contributed by atoms with Crippen molar-refractivity contribution in [2.24, 2.45) is 4.99 Å². The highest BCUT2D eigenvalue weighted by molar-refractivity contribution is 14.0. The van der Waals surface area contributed by atoms with Crippen LogP contribution in [0.4, 0.5) is 4.39 Å². The molecule has 8 heteroatoms. The van der Waals surface area contributed by atoms with Gasteiger partial charge >= 0.3 is 0 Å². The molecule has 0 fully saturated rings. The molecule has 30 heavy (non-hydrogen) atoms. The fraction of sp³-hybridized carbons (Fsp3) is 0.364. The molecule has 0 aliphatic heterocycles. The summed E-state index contributed by atoms with van der Waals surface area (Å²) in [5.74, 6) is 1.05. The standard InChI is InChI=1S/C22H29FN4OS.HI/c1-4-27(15-17-8-6-5-7-9-17)21(28)14-26-22(24-2)25-13-18-10-11-20(23)12-19(18)16-29-3;/h5-12H,4,13-16H2,1-3H3,(H2,24,25,26);1H. The number of amides is 1. The van der Waals surface area contributed by atoms with Crippen molar-refractivity contribution in [2.45, 2.75) is 25.8 Å². The van der Waals surface area contributed by atoms with Gasteiger partial charge in [-0.05, 0) is 42.0 Å². The Morgan fingerprint density at radius 2 is 1.87 bits per heavy atom. The summed E-state index contributed by atoms with van der Waals surface area (Å²) >= 11 is 1.65. The summed E-state index contributed by atoms with van der Waals surface area (Å²) in [6, 6.07) is 14.7. The molecule has 2 rings (SSSR count). The predicted molar refractivity (Wildman–Crippen MR) is 135 cm³/mol. The molecule has 2 aromatic carbocycles. The largest absolute Gasteiger partial charge is 0.352 e. The van der Waals surface area contributed by atoms with Gasteiger partial charge in [0, 0.05) is 32.4 Å². The third-order valence-electron chi connectivity index (χ3n) is 4.50. The molecular formula is C22H30FIN4OS. The van der Waals surface area contributed by atoms with Crippen molar-refractivity contribution >= 4 is 47.6 Å². The van der Waals surface area contributed by atoms with E-state index in [4.69, 9.17) is 0 Å². The van der Waals surface area contributed by atoms with Crippen molar-refractivity contribution in [1.29, 1.82) is 0 Å². The second-order valence-electron chi connectivity index (χ2n) is 6.52. The van der Waals surface area contributed by atoms with Crippen LogP contribution in [-0.2, 0) is 23.6 Å². The summed E-state index contributed by atoms with van der Waals surface area (Å²) < 4.78 is 13.5. The van der Waals surface area contributed by atoms with Crippen molar-refractivity contribution in [3.05, 3.63) is 71.0 Å². The van der Waals surface area contributed by atoms with Gasteiger partial charge in [-0.2, -0.15) is 11.8 Å². The van der Waals surface area contributed by atoms with Gasteiger partial charge in [-0.1, -0.05) is 36.4 Å². The number of nitrogens with zero attached hydrogens (tertiary/aromatic N) is 2. The third-order valence-corrected chi connectivity index (χ3v) is 5.10. The Bertz CT molecular complexity index is 820. The molecule has 0 spiro atoms. The number of hydrogen-bond donors (Lipinski definition) is 2. The van der Waals surface area contributed by atoms with Crippen LogP contribution in [0, 0.1) is 5.82 Å². The van der Waals surface area contributed by atoms with Gasteiger partial charge in [-0.25, -0.2) is 4.39 Å². The van der Waals surface area contributed by atoms with E-state index >= 15 is 0 Å². The first-order valence-corrected chi connectivity index (χ1v) is 11.0. The molecule has 0 saturated heterocycles. The minimum atomic E-state index is -0.232. The fourth-order valence-corrected chi connectivity index (χ4v) is 3.49. The number of halogens is 2. The maximum absolute atomic E-state index is 13.5. The molecule has 0 bridgehead atoms. The lowest BCUT2D eigenvalue weighted by Gasteiger charge is -2.22. The number of likely N-dealkylation sites (N-methyl/N-ethyl adjacent to an activating group) is 1. The molecule has 0 atom stereocenters. The Morgan fingerprint density at radius 3 is 2.50 bits per heavy atom. The second kappa shape index (κ2) is 14.2. The number of carbonyl (C=O) groups is 1. The lowest BCUT2D eigenvalue weighted by molar-refractivity contribution is -0.130. The zero-order valence-electron chi connectivity index (χ0n) is 17.7. The fourth-order valence-electron chi connectivity index (χ4n) is 2.91. The Balaban J connectivity index is 0.00000450. The van der Waals surface area contributed by atoms with E-state index in [0.717, 1.165) is 22.4 Å². The zero-order valence-corrected chi connectivity index (χ0v) is 20.8. The van der Waals surface area contributed by atoms with Crippen LogP contribution < -0.4 is 10.6 Å². The lowest BCUT2D eigenvalue weighted by Crippen LogP contribution is -2.44. The second-order valence-corrected chi connectivity index (χ2v) is 7.38. The predicted octanol–water partition coefficient (Wildman–Crippen LogP) is 4.02. The minimum absolute atomic E-state index is 0. The summed E-state index contributed by atoms with van der Waals surface area (Å²) in [5.41, 5.74) is 3.06. The van der Waals surface area contributed by atoms with Gasteiger partial charge in [0.1, 0.15) is 5.82 Å². The molecule has 0 saturated carbocycles.